The van der Waals surface area contributed by atoms with Crippen LogP contribution < -0.4 is 0 Å². The Balaban J connectivity index is 1.64. The van der Waals surface area contributed by atoms with Gasteiger partial charge in [0.05, 0.1) is 19.3 Å². The second-order valence-corrected chi connectivity index (χ2v) is 5.52. The molecule has 0 saturated heterocycles. The molecule has 2 heterocycles. The molecule has 114 valence electrons. The lowest BCUT2D eigenvalue weighted by Gasteiger charge is -2.34. The van der Waals surface area contributed by atoms with E-state index in [4.69, 9.17) is 0 Å². The van der Waals surface area contributed by atoms with Gasteiger partial charge in [0, 0.05) is 25.2 Å². The quantitative estimate of drug-likeness (QED) is 0.930. The Morgan fingerprint density at radius 1 is 1.14 bits per heavy atom. The van der Waals surface area contributed by atoms with Gasteiger partial charge in [0.1, 0.15) is 11.3 Å². The first-order valence-electron chi connectivity index (χ1n) is 6.95. The van der Waals surface area contributed by atoms with Crippen LogP contribution in [0.1, 0.15) is 31.4 Å². The Bertz CT molecular complexity index is 585. The van der Waals surface area contributed by atoms with Crippen molar-refractivity contribution in [1.29, 1.82) is 0 Å². The maximum absolute atomic E-state index is 13.2. The van der Waals surface area contributed by atoms with Crippen LogP contribution in [0.15, 0.2) is 24.7 Å². The Kier molecular flexibility index (Phi) is 3.48. The predicted octanol–water partition coefficient (Wildman–Crippen LogP) is 1.57. The first kappa shape index (κ1) is 14.1. The number of hydrogen-bond donors (Lipinski definition) is 1. The van der Waals surface area contributed by atoms with Crippen LogP contribution in [0.5, 0.6) is 0 Å². The highest BCUT2D eigenvalue weighted by Gasteiger charge is 2.44. The summed E-state index contributed by atoms with van der Waals surface area (Å²) < 4.78 is 29.7. The molecule has 0 atom stereocenters. The molecule has 0 aliphatic heterocycles. The van der Waals surface area contributed by atoms with Crippen LogP contribution in [-0.4, -0.2) is 35.8 Å². The third kappa shape index (κ3) is 3.10. The Morgan fingerprint density at radius 3 is 2.52 bits per heavy atom. The third-order valence-electron chi connectivity index (χ3n) is 3.94. The van der Waals surface area contributed by atoms with Crippen molar-refractivity contribution in [1.82, 2.24) is 24.8 Å². The van der Waals surface area contributed by atoms with Crippen LogP contribution in [0, 0.1) is 0 Å². The van der Waals surface area contributed by atoms with E-state index in [1.807, 2.05) is 12.3 Å². The molecule has 0 bridgehead atoms. The molecular weight excluding hydrogens is 280 g/mol. The van der Waals surface area contributed by atoms with Gasteiger partial charge in [-0.05, 0) is 18.9 Å². The minimum Gasteiger partial charge on any atom is -0.383 e. The van der Waals surface area contributed by atoms with Crippen molar-refractivity contribution in [3.05, 3.63) is 30.4 Å². The molecule has 1 N–H and O–H groups in total. The highest BCUT2D eigenvalue weighted by molar-refractivity contribution is 5.09. The fraction of sp³-hybridized carbons (Fsp3) is 0.615. The van der Waals surface area contributed by atoms with Crippen LogP contribution in [-0.2, 0) is 18.7 Å². The van der Waals surface area contributed by atoms with Crippen molar-refractivity contribution >= 4 is 0 Å². The van der Waals surface area contributed by atoms with E-state index in [-0.39, 0.29) is 25.7 Å². The number of nitrogens with zero attached hydrogens (tertiary/aromatic N) is 5. The first-order valence-corrected chi connectivity index (χ1v) is 6.95. The molecule has 0 unspecified atom stereocenters. The maximum atomic E-state index is 13.2. The number of aromatic nitrogens is 5. The fourth-order valence-corrected chi connectivity index (χ4v) is 2.54. The highest BCUT2D eigenvalue weighted by Crippen LogP contribution is 2.42. The zero-order valence-corrected chi connectivity index (χ0v) is 11.5. The van der Waals surface area contributed by atoms with Gasteiger partial charge in [-0.25, -0.2) is 8.78 Å². The van der Waals surface area contributed by atoms with Gasteiger partial charge in [0.15, 0.2) is 0 Å². The minimum atomic E-state index is -2.68. The van der Waals surface area contributed by atoms with Crippen molar-refractivity contribution < 1.29 is 13.9 Å². The van der Waals surface area contributed by atoms with Gasteiger partial charge >= 0.3 is 0 Å². The van der Waals surface area contributed by atoms with Crippen LogP contribution in [0.2, 0.25) is 0 Å². The van der Waals surface area contributed by atoms with Crippen molar-refractivity contribution in [2.24, 2.45) is 0 Å². The lowest BCUT2D eigenvalue weighted by atomic mass is 9.81. The average molecular weight is 297 g/mol. The molecule has 0 spiro atoms. The Labute approximate surface area is 120 Å². The lowest BCUT2D eigenvalue weighted by molar-refractivity contribution is -0.108. The summed E-state index contributed by atoms with van der Waals surface area (Å²) in [5, 5.41) is 22.5. The van der Waals surface area contributed by atoms with Crippen molar-refractivity contribution in [2.75, 3.05) is 0 Å². The summed E-state index contributed by atoms with van der Waals surface area (Å²) in [6.45, 7) is 1.19. The smallest absolute Gasteiger partial charge is 0.248 e. The van der Waals surface area contributed by atoms with Gasteiger partial charge in [-0.2, -0.15) is 5.10 Å². The number of alkyl halides is 2. The molecule has 0 amide bonds. The second kappa shape index (κ2) is 5.18. The number of rotatable bonds is 4. The Hall–Kier alpha value is -1.83. The number of aryl methyl sites for hydroxylation is 2. The summed E-state index contributed by atoms with van der Waals surface area (Å²) in [6.07, 6.45) is 4.56. The SMILES string of the molecule is OC1(c2cn(CCn3cccn3)nn2)CCC(F)(F)CC1. The first-order chi connectivity index (χ1) is 9.97. The molecule has 8 heteroatoms. The van der Waals surface area contributed by atoms with Crippen LogP contribution in [0.4, 0.5) is 8.78 Å². The van der Waals surface area contributed by atoms with Gasteiger partial charge in [0.25, 0.3) is 0 Å². The van der Waals surface area contributed by atoms with E-state index < -0.39 is 11.5 Å². The molecule has 6 nitrogen and oxygen atoms in total. The number of aliphatic hydroxyl groups is 1. The molecule has 0 aromatic carbocycles. The van der Waals surface area contributed by atoms with E-state index in [2.05, 4.69) is 15.4 Å². The zero-order valence-electron chi connectivity index (χ0n) is 11.5. The van der Waals surface area contributed by atoms with Gasteiger partial charge in [-0.1, -0.05) is 5.21 Å². The summed E-state index contributed by atoms with van der Waals surface area (Å²) in [6, 6.07) is 1.83. The molecule has 3 rings (SSSR count). The van der Waals surface area contributed by atoms with Gasteiger partial charge < -0.3 is 5.11 Å². The molecule has 1 aliphatic rings. The Morgan fingerprint density at radius 2 is 1.86 bits per heavy atom. The predicted molar refractivity (Wildman–Crippen MR) is 69.6 cm³/mol. The normalized spacial score (nSPS) is 20.5. The van der Waals surface area contributed by atoms with Gasteiger partial charge in [0.2, 0.25) is 5.92 Å². The van der Waals surface area contributed by atoms with Gasteiger partial charge in [-0.3, -0.25) is 9.36 Å². The van der Waals surface area contributed by atoms with Crippen LogP contribution >= 0.6 is 0 Å². The van der Waals surface area contributed by atoms with Crippen molar-refractivity contribution in [2.45, 2.75) is 50.3 Å². The summed E-state index contributed by atoms with van der Waals surface area (Å²) in [4.78, 5) is 0. The standard InChI is InChI=1S/C13H17F2N5O/c14-13(15)4-2-12(21,3-5-13)11-10-20(18-17-11)9-8-19-7-1-6-16-19/h1,6-7,10,21H,2-5,8-9H2. The van der Waals surface area contributed by atoms with Crippen LogP contribution in [0.25, 0.3) is 0 Å². The van der Waals surface area contributed by atoms with E-state index >= 15 is 0 Å². The molecule has 1 aliphatic carbocycles. The molecule has 1 saturated carbocycles. The molecule has 2 aromatic rings. The van der Waals surface area contributed by atoms with Crippen LogP contribution in [0.3, 0.4) is 0 Å². The van der Waals surface area contributed by atoms with E-state index in [9.17, 15) is 13.9 Å². The monoisotopic (exact) mass is 297 g/mol. The van der Waals surface area contributed by atoms with Crippen molar-refractivity contribution in [3.8, 4) is 0 Å². The van der Waals surface area contributed by atoms with Crippen molar-refractivity contribution in [3.63, 3.8) is 0 Å². The topological polar surface area (TPSA) is 68.8 Å². The summed E-state index contributed by atoms with van der Waals surface area (Å²) in [5.41, 5.74) is -0.913. The van der Waals surface area contributed by atoms with E-state index in [1.54, 1.807) is 21.8 Å². The minimum absolute atomic E-state index is 0.0118. The van der Waals surface area contributed by atoms with E-state index in [1.165, 1.54) is 0 Å². The fourth-order valence-electron chi connectivity index (χ4n) is 2.54. The second-order valence-electron chi connectivity index (χ2n) is 5.52. The third-order valence-corrected chi connectivity index (χ3v) is 3.94. The molecule has 21 heavy (non-hydrogen) atoms. The van der Waals surface area contributed by atoms with E-state index in [0.29, 0.717) is 18.8 Å². The van der Waals surface area contributed by atoms with Gasteiger partial charge in [-0.15, -0.1) is 5.10 Å². The maximum Gasteiger partial charge on any atom is 0.248 e. The largest absolute Gasteiger partial charge is 0.383 e. The highest BCUT2D eigenvalue weighted by atomic mass is 19.3. The van der Waals surface area contributed by atoms with E-state index in [0.717, 1.165) is 0 Å². The summed E-state index contributed by atoms with van der Waals surface area (Å²) >= 11 is 0. The summed E-state index contributed by atoms with van der Waals surface area (Å²) in [5.74, 6) is -2.68. The summed E-state index contributed by atoms with van der Waals surface area (Å²) in [7, 11) is 0. The number of halogens is 2. The molecule has 1 fully saturated rings. The molecular formula is C13H17F2N5O. The molecule has 0 radical (unpaired) electrons. The lowest BCUT2D eigenvalue weighted by Crippen LogP contribution is -2.36. The average Bonchev–Trinajstić information content (AvgIpc) is 3.11. The molecule has 2 aromatic heterocycles. The zero-order chi connectivity index (χ0) is 14.9. The number of hydrogen-bond acceptors (Lipinski definition) is 4.